The largest absolute Gasteiger partial charge is 0.369 e. The highest BCUT2D eigenvalue weighted by atomic mass is 32.1. The predicted molar refractivity (Wildman–Crippen MR) is 102 cm³/mol. The molecule has 4 heterocycles. The van der Waals surface area contributed by atoms with E-state index in [2.05, 4.69) is 26.6 Å². The molecular formula is C20H23N3O2S. The summed E-state index contributed by atoms with van der Waals surface area (Å²) in [5.41, 5.74) is 2.06. The van der Waals surface area contributed by atoms with Gasteiger partial charge in [0, 0.05) is 35.8 Å². The number of thiophene rings is 1. The number of amides is 1. The number of carbonyl (C=O) groups is 1. The Kier molecular flexibility index (Phi) is 3.98. The molecule has 5 nitrogen and oxygen atoms in total. The van der Waals surface area contributed by atoms with Crippen LogP contribution in [0.15, 0.2) is 29.8 Å². The molecule has 1 N–H and O–H groups in total. The van der Waals surface area contributed by atoms with Crippen LogP contribution in [-0.2, 0) is 16.8 Å². The Morgan fingerprint density at radius 1 is 1.31 bits per heavy atom. The number of nitrogens with one attached hydrogen (secondary N) is 1. The molecule has 2 aromatic rings. The van der Waals surface area contributed by atoms with Crippen molar-refractivity contribution >= 4 is 23.1 Å². The topological polar surface area (TPSA) is 54.5 Å². The first kappa shape index (κ1) is 16.3. The van der Waals surface area contributed by atoms with Crippen molar-refractivity contribution in [2.75, 3.05) is 24.6 Å². The van der Waals surface area contributed by atoms with Gasteiger partial charge in [0.1, 0.15) is 11.4 Å². The zero-order chi connectivity index (χ0) is 17.6. The maximum atomic E-state index is 12.3. The number of fused-ring (bicyclic) bond motifs is 2. The van der Waals surface area contributed by atoms with Gasteiger partial charge in [-0.25, -0.2) is 4.98 Å². The van der Waals surface area contributed by atoms with Crippen LogP contribution in [-0.4, -0.2) is 36.6 Å². The van der Waals surface area contributed by atoms with Crippen molar-refractivity contribution < 1.29 is 9.53 Å². The monoisotopic (exact) mass is 369 g/mol. The van der Waals surface area contributed by atoms with E-state index in [1.54, 1.807) is 12.3 Å². The second-order valence-electron chi connectivity index (χ2n) is 7.51. The summed E-state index contributed by atoms with van der Waals surface area (Å²) in [4.78, 5) is 20.5. The van der Waals surface area contributed by atoms with Gasteiger partial charge in [-0.05, 0) is 61.2 Å². The average molecular weight is 369 g/mol. The second kappa shape index (κ2) is 6.35. The summed E-state index contributed by atoms with van der Waals surface area (Å²) in [5, 5.41) is 5.24. The minimum absolute atomic E-state index is 0.0171. The van der Waals surface area contributed by atoms with Crippen molar-refractivity contribution in [3.63, 3.8) is 0 Å². The Labute approximate surface area is 157 Å². The SMILES string of the molecule is O=C(NC1CC1)c1ccnc(N2CCC3(CC2)OCCc2ccsc23)c1. The van der Waals surface area contributed by atoms with Crippen molar-refractivity contribution in [1.82, 2.24) is 10.3 Å². The van der Waals surface area contributed by atoms with Crippen LogP contribution in [0, 0.1) is 0 Å². The first-order chi connectivity index (χ1) is 12.7. The Morgan fingerprint density at radius 3 is 2.96 bits per heavy atom. The van der Waals surface area contributed by atoms with Crippen molar-refractivity contribution in [2.24, 2.45) is 0 Å². The minimum atomic E-state index is -0.112. The quantitative estimate of drug-likeness (QED) is 0.903. The molecule has 0 unspecified atom stereocenters. The number of anilines is 1. The number of aromatic nitrogens is 1. The summed E-state index contributed by atoms with van der Waals surface area (Å²) >= 11 is 1.83. The highest BCUT2D eigenvalue weighted by Crippen LogP contribution is 2.44. The van der Waals surface area contributed by atoms with Crippen LogP contribution in [0.4, 0.5) is 5.82 Å². The molecule has 1 aliphatic carbocycles. The summed E-state index contributed by atoms with van der Waals surface area (Å²) in [6.07, 6.45) is 6.92. The molecule has 0 radical (unpaired) electrons. The molecule has 2 aromatic heterocycles. The Morgan fingerprint density at radius 2 is 2.15 bits per heavy atom. The van der Waals surface area contributed by atoms with Crippen LogP contribution in [0.3, 0.4) is 0 Å². The van der Waals surface area contributed by atoms with Crippen molar-refractivity contribution in [3.05, 3.63) is 45.8 Å². The van der Waals surface area contributed by atoms with E-state index in [4.69, 9.17) is 4.74 Å². The van der Waals surface area contributed by atoms with Crippen LogP contribution in [0.1, 0.15) is 46.5 Å². The highest BCUT2D eigenvalue weighted by Gasteiger charge is 2.42. The Balaban J connectivity index is 1.31. The van der Waals surface area contributed by atoms with Gasteiger partial charge in [-0.15, -0.1) is 11.3 Å². The molecule has 1 amide bonds. The number of pyridine rings is 1. The molecular weight excluding hydrogens is 346 g/mol. The van der Waals surface area contributed by atoms with Gasteiger partial charge in [0.2, 0.25) is 0 Å². The van der Waals surface area contributed by atoms with Gasteiger partial charge >= 0.3 is 0 Å². The number of piperidine rings is 1. The van der Waals surface area contributed by atoms with Gasteiger partial charge in [-0.1, -0.05) is 0 Å². The highest BCUT2D eigenvalue weighted by molar-refractivity contribution is 7.10. The summed E-state index contributed by atoms with van der Waals surface area (Å²) in [6.45, 7) is 2.62. The average Bonchev–Trinajstić information content (AvgIpc) is 3.35. The van der Waals surface area contributed by atoms with Crippen molar-refractivity contribution in [3.8, 4) is 0 Å². The lowest BCUT2D eigenvalue weighted by molar-refractivity contribution is -0.0735. The van der Waals surface area contributed by atoms with Gasteiger partial charge in [-0.3, -0.25) is 4.79 Å². The van der Waals surface area contributed by atoms with Crippen LogP contribution >= 0.6 is 11.3 Å². The lowest BCUT2D eigenvalue weighted by Gasteiger charge is -2.44. The van der Waals surface area contributed by atoms with Gasteiger partial charge in [0.05, 0.1) is 6.61 Å². The number of ether oxygens (including phenoxy) is 1. The summed E-state index contributed by atoms with van der Waals surface area (Å²) in [6, 6.07) is 6.35. The molecule has 1 saturated carbocycles. The zero-order valence-corrected chi connectivity index (χ0v) is 15.6. The third-order valence-corrected chi connectivity index (χ3v) is 6.87. The fourth-order valence-corrected chi connectivity index (χ4v) is 5.22. The third-order valence-electron chi connectivity index (χ3n) is 5.73. The normalized spacial score (nSPS) is 21.5. The molecule has 3 aliphatic rings. The molecule has 2 fully saturated rings. The summed E-state index contributed by atoms with van der Waals surface area (Å²) in [7, 11) is 0. The molecule has 0 atom stereocenters. The van der Waals surface area contributed by atoms with E-state index >= 15 is 0 Å². The molecule has 1 saturated heterocycles. The molecule has 6 heteroatoms. The molecule has 26 heavy (non-hydrogen) atoms. The summed E-state index contributed by atoms with van der Waals surface area (Å²) < 4.78 is 6.29. The van der Waals surface area contributed by atoms with Gasteiger partial charge in [-0.2, -0.15) is 0 Å². The first-order valence-electron chi connectivity index (χ1n) is 9.46. The third kappa shape index (κ3) is 2.91. The van der Waals surface area contributed by atoms with Gasteiger partial charge < -0.3 is 15.0 Å². The van der Waals surface area contributed by atoms with E-state index in [0.717, 1.165) is 57.6 Å². The molecule has 136 valence electrons. The number of nitrogens with zero attached hydrogens (tertiary/aromatic N) is 2. The van der Waals surface area contributed by atoms with E-state index in [1.165, 1.54) is 10.4 Å². The molecule has 5 rings (SSSR count). The van der Waals surface area contributed by atoms with E-state index in [-0.39, 0.29) is 11.5 Å². The molecule has 1 spiro atoms. The first-order valence-corrected chi connectivity index (χ1v) is 10.3. The smallest absolute Gasteiger partial charge is 0.251 e. The van der Waals surface area contributed by atoms with Crippen LogP contribution in [0.25, 0.3) is 0 Å². The van der Waals surface area contributed by atoms with Crippen molar-refractivity contribution in [1.29, 1.82) is 0 Å². The zero-order valence-electron chi connectivity index (χ0n) is 14.7. The molecule has 2 aliphatic heterocycles. The van der Waals surface area contributed by atoms with Gasteiger partial charge in [0.15, 0.2) is 0 Å². The molecule has 0 bridgehead atoms. The lowest BCUT2D eigenvalue weighted by Crippen LogP contribution is -2.46. The van der Waals surface area contributed by atoms with Gasteiger partial charge in [0.25, 0.3) is 5.91 Å². The van der Waals surface area contributed by atoms with E-state index < -0.39 is 0 Å². The molecule has 0 aromatic carbocycles. The Hall–Kier alpha value is -1.92. The Bertz CT molecular complexity index is 822. The maximum Gasteiger partial charge on any atom is 0.251 e. The van der Waals surface area contributed by atoms with E-state index in [9.17, 15) is 4.79 Å². The van der Waals surface area contributed by atoms with Crippen LogP contribution < -0.4 is 10.2 Å². The van der Waals surface area contributed by atoms with E-state index in [0.29, 0.717) is 11.6 Å². The van der Waals surface area contributed by atoms with Crippen LogP contribution in [0.2, 0.25) is 0 Å². The number of hydrogen-bond donors (Lipinski definition) is 1. The summed E-state index contributed by atoms with van der Waals surface area (Å²) in [5.74, 6) is 0.911. The number of rotatable bonds is 3. The lowest BCUT2D eigenvalue weighted by atomic mass is 9.85. The second-order valence-corrected chi connectivity index (χ2v) is 8.42. The maximum absolute atomic E-state index is 12.3. The number of hydrogen-bond acceptors (Lipinski definition) is 5. The van der Waals surface area contributed by atoms with Crippen LogP contribution in [0.5, 0.6) is 0 Å². The fraction of sp³-hybridized carbons (Fsp3) is 0.500. The minimum Gasteiger partial charge on any atom is -0.369 e. The number of carbonyl (C=O) groups excluding carboxylic acids is 1. The fourth-order valence-electron chi connectivity index (χ4n) is 4.05. The van der Waals surface area contributed by atoms with E-state index in [1.807, 2.05) is 17.4 Å². The van der Waals surface area contributed by atoms with Crippen molar-refractivity contribution in [2.45, 2.75) is 43.7 Å². The standard InChI is InChI=1S/C20H23N3O2S/c24-19(22-16-1-2-16)15-3-8-21-17(13-15)23-9-6-20(7-10-23)18-14(4-11-25-20)5-12-26-18/h3,5,8,12-13,16H,1-2,4,6-7,9-11H2,(H,22,24). The predicted octanol–water partition coefficient (Wildman–Crippen LogP) is 3.10.